The standard InChI is InChI=1S/C13H20O2S/c1-9(14)12-10(15-5)7-6-8-11(12)16-13(2,3)4/h6-9,14H,1-5H3/t9-/m1/s1. The molecule has 0 aliphatic carbocycles. The molecule has 0 spiro atoms. The lowest BCUT2D eigenvalue weighted by molar-refractivity contribution is 0.191. The zero-order chi connectivity index (χ0) is 12.3. The predicted octanol–water partition coefficient (Wildman–Crippen LogP) is 3.64. The minimum absolute atomic E-state index is 0.121. The first kappa shape index (κ1) is 13.4. The molecule has 0 saturated carbocycles. The Bertz CT molecular complexity index is 353. The van der Waals surface area contributed by atoms with Crippen molar-refractivity contribution in [2.24, 2.45) is 0 Å². The number of aliphatic hydroxyl groups excluding tert-OH is 1. The molecule has 1 aromatic carbocycles. The van der Waals surface area contributed by atoms with Crippen LogP contribution in [0, 0.1) is 0 Å². The number of hydrogen-bond acceptors (Lipinski definition) is 3. The van der Waals surface area contributed by atoms with Gasteiger partial charge in [-0.1, -0.05) is 26.8 Å². The molecule has 0 aliphatic heterocycles. The van der Waals surface area contributed by atoms with Gasteiger partial charge in [-0.05, 0) is 19.1 Å². The minimum Gasteiger partial charge on any atom is -0.496 e. The van der Waals surface area contributed by atoms with Crippen molar-refractivity contribution in [1.82, 2.24) is 0 Å². The molecule has 0 radical (unpaired) electrons. The van der Waals surface area contributed by atoms with E-state index in [0.29, 0.717) is 0 Å². The molecular weight excluding hydrogens is 220 g/mol. The predicted molar refractivity (Wildman–Crippen MR) is 69.2 cm³/mol. The van der Waals surface area contributed by atoms with Crippen LogP contribution < -0.4 is 4.74 Å². The Labute approximate surface area is 102 Å². The maximum Gasteiger partial charge on any atom is 0.125 e. The largest absolute Gasteiger partial charge is 0.496 e. The van der Waals surface area contributed by atoms with Gasteiger partial charge in [0.1, 0.15) is 5.75 Å². The molecule has 0 heterocycles. The molecular formula is C13H20O2S. The van der Waals surface area contributed by atoms with E-state index in [2.05, 4.69) is 20.8 Å². The summed E-state index contributed by atoms with van der Waals surface area (Å²) in [5.74, 6) is 0.754. The van der Waals surface area contributed by atoms with Gasteiger partial charge in [-0.15, -0.1) is 11.8 Å². The molecule has 1 N–H and O–H groups in total. The first-order valence-corrected chi connectivity index (χ1v) is 6.21. The highest BCUT2D eigenvalue weighted by Crippen LogP contribution is 2.40. The van der Waals surface area contributed by atoms with Gasteiger partial charge in [0.2, 0.25) is 0 Å². The van der Waals surface area contributed by atoms with Crippen molar-refractivity contribution >= 4 is 11.8 Å². The summed E-state index contributed by atoms with van der Waals surface area (Å²) in [6.07, 6.45) is -0.513. The Balaban J connectivity index is 3.17. The van der Waals surface area contributed by atoms with Gasteiger partial charge in [-0.2, -0.15) is 0 Å². The number of rotatable bonds is 3. The lowest BCUT2D eigenvalue weighted by Gasteiger charge is -2.22. The van der Waals surface area contributed by atoms with Crippen molar-refractivity contribution < 1.29 is 9.84 Å². The van der Waals surface area contributed by atoms with E-state index in [1.807, 2.05) is 18.2 Å². The van der Waals surface area contributed by atoms with Gasteiger partial charge in [0.15, 0.2) is 0 Å². The number of ether oxygens (including phenoxy) is 1. The lowest BCUT2D eigenvalue weighted by Crippen LogP contribution is -2.09. The van der Waals surface area contributed by atoms with Gasteiger partial charge in [0.05, 0.1) is 13.2 Å². The summed E-state index contributed by atoms with van der Waals surface area (Å²) in [5, 5.41) is 9.82. The van der Waals surface area contributed by atoms with Crippen molar-refractivity contribution in [3.05, 3.63) is 23.8 Å². The molecule has 90 valence electrons. The highest BCUT2D eigenvalue weighted by Gasteiger charge is 2.19. The van der Waals surface area contributed by atoms with Crippen LogP contribution in [0.25, 0.3) is 0 Å². The average molecular weight is 240 g/mol. The molecule has 1 atom stereocenters. The third-order valence-electron chi connectivity index (χ3n) is 2.08. The van der Waals surface area contributed by atoms with Crippen LogP contribution in [0.4, 0.5) is 0 Å². The number of methoxy groups -OCH3 is 1. The van der Waals surface area contributed by atoms with Crippen molar-refractivity contribution in [1.29, 1.82) is 0 Å². The second-order valence-electron chi connectivity index (χ2n) is 4.76. The molecule has 0 bridgehead atoms. The van der Waals surface area contributed by atoms with Crippen molar-refractivity contribution in [2.75, 3.05) is 7.11 Å². The number of hydrogen-bond donors (Lipinski definition) is 1. The third kappa shape index (κ3) is 3.42. The Hall–Kier alpha value is -0.670. The van der Waals surface area contributed by atoms with Crippen LogP contribution in [0.5, 0.6) is 5.75 Å². The van der Waals surface area contributed by atoms with E-state index in [-0.39, 0.29) is 4.75 Å². The van der Waals surface area contributed by atoms with Gasteiger partial charge in [0, 0.05) is 15.2 Å². The number of thioether (sulfide) groups is 1. The molecule has 2 nitrogen and oxygen atoms in total. The summed E-state index contributed by atoms with van der Waals surface area (Å²) in [7, 11) is 1.63. The SMILES string of the molecule is COc1cccc(SC(C)(C)C)c1[C@@H](C)O. The molecule has 0 aliphatic rings. The van der Waals surface area contributed by atoms with Crippen molar-refractivity contribution in [3.8, 4) is 5.75 Å². The Morgan fingerprint density at radius 2 is 1.94 bits per heavy atom. The van der Waals surface area contributed by atoms with E-state index in [1.165, 1.54) is 0 Å². The van der Waals surface area contributed by atoms with Gasteiger partial charge >= 0.3 is 0 Å². The van der Waals surface area contributed by atoms with Crippen LogP contribution in [-0.2, 0) is 0 Å². The quantitative estimate of drug-likeness (QED) is 0.818. The Kier molecular flexibility index (Phi) is 4.28. The molecule has 0 amide bonds. The van der Waals surface area contributed by atoms with E-state index in [9.17, 15) is 5.11 Å². The summed E-state index contributed by atoms with van der Waals surface area (Å²) in [4.78, 5) is 1.09. The summed E-state index contributed by atoms with van der Waals surface area (Å²) < 4.78 is 5.41. The fraction of sp³-hybridized carbons (Fsp3) is 0.538. The van der Waals surface area contributed by atoms with Crippen LogP contribution in [0.2, 0.25) is 0 Å². The molecule has 0 saturated heterocycles. The minimum atomic E-state index is -0.513. The monoisotopic (exact) mass is 240 g/mol. The van der Waals surface area contributed by atoms with E-state index in [4.69, 9.17) is 4.74 Å². The maximum absolute atomic E-state index is 9.82. The van der Waals surface area contributed by atoms with E-state index in [0.717, 1.165) is 16.2 Å². The first-order chi connectivity index (χ1) is 7.35. The van der Waals surface area contributed by atoms with Crippen LogP contribution >= 0.6 is 11.8 Å². The Morgan fingerprint density at radius 3 is 2.38 bits per heavy atom. The lowest BCUT2D eigenvalue weighted by atomic mass is 10.1. The fourth-order valence-corrected chi connectivity index (χ4v) is 2.72. The summed E-state index contributed by atoms with van der Waals surface area (Å²) in [6.45, 7) is 8.24. The molecule has 0 fully saturated rings. The van der Waals surface area contributed by atoms with Crippen molar-refractivity contribution in [2.45, 2.75) is 43.4 Å². The Morgan fingerprint density at radius 1 is 1.31 bits per heavy atom. The van der Waals surface area contributed by atoms with E-state index >= 15 is 0 Å². The second kappa shape index (κ2) is 5.11. The van der Waals surface area contributed by atoms with Crippen LogP contribution in [0.3, 0.4) is 0 Å². The topological polar surface area (TPSA) is 29.5 Å². The first-order valence-electron chi connectivity index (χ1n) is 5.39. The average Bonchev–Trinajstić information content (AvgIpc) is 2.14. The molecule has 16 heavy (non-hydrogen) atoms. The molecule has 1 rings (SSSR count). The highest BCUT2D eigenvalue weighted by molar-refractivity contribution is 8.00. The molecule has 0 aromatic heterocycles. The van der Waals surface area contributed by atoms with Crippen molar-refractivity contribution in [3.63, 3.8) is 0 Å². The normalized spacial score (nSPS) is 13.6. The van der Waals surface area contributed by atoms with Gasteiger partial charge in [-0.3, -0.25) is 0 Å². The second-order valence-corrected chi connectivity index (χ2v) is 6.63. The molecule has 1 aromatic rings. The van der Waals surface area contributed by atoms with E-state index < -0.39 is 6.10 Å². The van der Waals surface area contributed by atoms with Crippen LogP contribution in [0.1, 0.15) is 39.4 Å². The zero-order valence-electron chi connectivity index (χ0n) is 10.6. The van der Waals surface area contributed by atoms with Gasteiger partial charge < -0.3 is 9.84 Å². The van der Waals surface area contributed by atoms with Crippen LogP contribution in [-0.4, -0.2) is 17.0 Å². The molecule has 3 heteroatoms. The molecule has 0 unspecified atom stereocenters. The summed E-state index contributed by atoms with van der Waals surface area (Å²) in [6, 6.07) is 5.87. The van der Waals surface area contributed by atoms with Gasteiger partial charge in [-0.25, -0.2) is 0 Å². The third-order valence-corrected chi connectivity index (χ3v) is 3.27. The van der Waals surface area contributed by atoms with Crippen LogP contribution in [0.15, 0.2) is 23.1 Å². The summed E-state index contributed by atoms with van der Waals surface area (Å²) >= 11 is 1.75. The highest BCUT2D eigenvalue weighted by atomic mass is 32.2. The zero-order valence-corrected chi connectivity index (χ0v) is 11.4. The maximum atomic E-state index is 9.82. The number of benzene rings is 1. The number of aliphatic hydroxyl groups is 1. The fourth-order valence-electron chi connectivity index (χ4n) is 1.53. The van der Waals surface area contributed by atoms with Gasteiger partial charge in [0.25, 0.3) is 0 Å². The van der Waals surface area contributed by atoms with E-state index in [1.54, 1.807) is 25.8 Å². The summed E-state index contributed by atoms with van der Waals surface area (Å²) in [5.41, 5.74) is 0.880. The smallest absolute Gasteiger partial charge is 0.125 e.